The maximum atomic E-state index is 12.6. The average Bonchev–Trinajstić information content (AvgIpc) is 2.71. The van der Waals surface area contributed by atoms with Gasteiger partial charge in [-0.15, -0.1) is 4.99 Å². The Balaban J connectivity index is 2.39. The van der Waals surface area contributed by atoms with Gasteiger partial charge in [0.25, 0.3) is 0 Å². The third-order valence-corrected chi connectivity index (χ3v) is 4.00. The molecule has 2 aromatic rings. The van der Waals surface area contributed by atoms with Crippen LogP contribution < -0.4 is 5.32 Å². The summed E-state index contributed by atoms with van der Waals surface area (Å²) >= 11 is 0. The fraction of sp³-hybridized carbons (Fsp3) is 0.370. The highest BCUT2D eigenvalue weighted by molar-refractivity contribution is 5.99. The molecule has 0 radical (unpaired) electrons. The second-order valence-corrected chi connectivity index (χ2v) is 9.55. The maximum absolute atomic E-state index is 12.6. The van der Waals surface area contributed by atoms with Crippen LogP contribution in [0.5, 0.6) is 0 Å². The molecular formula is C27H33N3O4. The summed E-state index contributed by atoms with van der Waals surface area (Å²) in [4.78, 5) is 30.8. The standard InChI is InChI=1S/C27H33N3O4/c1-26(2,3)33-24(31)28-23(29-25(32)34-27(4,5)6)30(20-22-16-11-8-12-17-22)19-13-18-21-14-9-7-10-15-21/h7-12,14-17H,19-20H2,1-6H3,(H,28,29,31,32). The number of carbonyl (C=O) groups excluding carboxylic acids is 2. The van der Waals surface area contributed by atoms with E-state index in [2.05, 4.69) is 22.2 Å². The van der Waals surface area contributed by atoms with Crippen LogP contribution in [-0.4, -0.2) is 40.8 Å². The topological polar surface area (TPSA) is 80.2 Å². The Morgan fingerprint density at radius 1 is 0.882 bits per heavy atom. The van der Waals surface area contributed by atoms with Crippen LogP contribution in [0.2, 0.25) is 0 Å². The van der Waals surface area contributed by atoms with E-state index in [1.165, 1.54) is 0 Å². The van der Waals surface area contributed by atoms with Gasteiger partial charge >= 0.3 is 12.2 Å². The molecule has 2 aromatic carbocycles. The van der Waals surface area contributed by atoms with Crippen molar-refractivity contribution in [2.45, 2.75) is 59.3 Å². The summed E-state index contributed by atoms with van der Waals surface area (Å²) in [6.45, 7) is 11.0. The van der Waals surface area contributed by atoms with Crippen molar-refractivity contribution in [1.29, 1.82) is 0 Å². The molecule has 180 valence electrons. The summed E-state index contributed by atoms with van der Waals surface area (Å²) in [5.74, 6) is 6.18. The summed E-state index contributed by atoms with van der Waals surface area (Å²) in [5.41, 5.74) is 0.341. The minimum atomic E-state index is -0.826. The van der Waals surface area contributed by atoms with Crippen molar-refractivity contribution in [2.75, 3.05) is 6.54 Å². The summed E-state index contributed by atoms with van der Waals surface area (Å²) in [6.07, 6.45) is -1.56. The first kappa shape index (κ1) is 26.5. The summed E-state index contributed by atoms with van der Waals surface area (Å²) in [7, 11) is 0. The van der Waals surface area contributed by atoms with Crippen LogP contribution >= 0.6 is 0 Å². The van der Waals surface area contributed by atoms with Crippen molar-refractivity contribution < 1.29 is 19.1 Å². The summed E-state index contributed by atoms with van der Waals surface area (Å²) < 4.78 is 10.7. The predicted octanol–water partition coefficient (Wildman–Crippen LogP) is 5.36. The lowest BCUT2D eigenvalue weighted by Gasteiger charge is -2.26. The fourth-order valence-corrected chi connectivity index (χ4v) is 2.71. The molecule has 0 aliphatic rings. The van der Waals surface area contributed by atoms with Crippen molar-refractivity contribution in [1.82, 2.24) is 10.2 Å². The number of carbonyl (C=O) groups is 2. The molecule has 2 rings (SSSR count). The number of hydrogen-bond acceptors (Lipinski definition) is 4. The predicted molar refractivity (Wildman–Crippen MR) is 133 cm³/mol. The van der Waals surface area contributed by atoms with E-state index in [-0.39, 0.29) is 12.5 Å². The van der Waals surface area contributed by atoms with Crippen molar-refractivity contribution in [3.63, 3.8) is 0 Å². The zero-order valence-corrected chi connectivity index (χ0v) is 20.7. The fourth-order valence-electron chi connectivity index (χ4n) is 2.71. The second kappa shape index (κ2) is 11.9. The van der Waals surface area contributed by atoms with Crippen LogP contribution in [0.4, 0.5) is 9.59 Å². The van der Waals surface area contributed by atoms with E-state index in [1.807, 2.05) is 60.7 Å². The van der Waals surface area contributed by atoms with Crippen LogP contribution in [0.25, 0.3) is 0 Å². The van der Waals surface area contributed by atoms with Gasteiger partial charge in [-0.3, -0.25) is 5.32 Å². The van der Waals surface area contributed by atoms with Gasteiger partial charge in [-0.25, -0.2) is 9.59 Å². The molecule has 7 heteroatoms. The Labute approximate surface area is 202 Å². The van der Waals surface area contributed by atoms with Gasteiger partial charge in [0, 0.05) is 12.1 Å². The van der Waals surface area contributed by atoms with Crippen LogP contribution in [0, 0.1) is 11.8 Å². The van der Waals surface area contributed by atoms with Gasteiger partial charge in [-0.2, -0.15) is 0 Å². The molecule has 34 heavy (non-hydrogen) atoms. The van der Waals surface area contributed by atoms with Crippen LogP contribution in [0.15, 0.2) is 65.7 Å². The molecule has 1 N–H and O–H groups in total. The molecule has 0 fully saturated rings. The van der Waals surface area contributed by atoms with E-state index in [0.29, 0.717) is 6.54 Å². The molecule has 0 saturated heterocycles. The van der Waals surface area contributed by atoms with Gasteiger partial charge in [-0.1, -0.05) is 60.4 Å². The lowest BCUT2D eigenvalue weighted by Crippen LogP contribution is -2.46. The third-order valence-electron chi connectivity index (χ3n) is 4.00. The second-order valence-electron chi connectivity index (χ2n) is 9.55. The molecule has 7 nitrogen and oxygen atoms in total. The first-order valence-corrected chi connectivity index (χ1v) is 11.1. The van der Waals surface area contributed by atoms with Crippen molar-refractivity contribution in [3.8, 4) is 11.8 Å². The minimum absolute atomic E-state index is 0.00489. The monoisotopic (exact) mass is 463 g/mol. The molecule has 0 saturated carbocycles. The van der Waals surface area contributed by atoms with Gasteiger partial charge in [0.15, 0.2) is 0 Å². The number of rotatable bonds is 3. The lowest BCUT2D eigenvalue weighted by molar-refractivity contribution is 0.0554. The SMILES string of the molecule is CC(C)(C)OC(=O)/N=C(/NC(=O)OC(C)(C)C)N(CC#Cc1ccccc1)Cc1ccccc1. The molecule has 0 heterocycles. The first-order chi connectivity index (χ1) is 15.9. The number of hydrogen-bond donors (Lipinski definition) is 1. The molecule has 0 bridgehead atoms. The van der Waals surface area contributed by atoms with Crippen molar-refractivity contribution in [3.05, 3.63) is 71.8 Å². The third kappa shape index (κ3) is 10.7. The highest BCUT2D eigenvalue weighted by Crippen LogP contribution is 2.11. The maximum Gasteiger partial charge on any atom is 0.437 e. The van der Waals surface area contributed by atoms with Crippen molar-refractivity contribution in [2.24, 2.45) is 4.99 Å². The number of guanidine groups is 1. The molecule has 0 spiro atoms. The normalized spacial score (nSPS) is 11.6. The van der Waals surface area contributed by atoms with Gasteiger partial charge in [-0.05, 0) is 59.2 Å². The number of aliphatic imine (C=N–C) groups is 1. The molecule has 0 atom stereocenters. The van der Waals surface area contributed by atoms with Gasteiger partial charge < -0.3 is 14.4 Å². The average molecular weight is 464 g/mol. The summed E-state index contributed by atoms with van der Waals surface area (Å²) in [6, 6.07) is 19.2. The van der Waals surface area contributed by atoms with E-state index < -0.39 is 23.4 Å². The highest BCUT2D eigenvalue weighted by atomic mass is 16.6. The van der Waals surface area contributed by atoms with E-state index in [1.54, 1.807) is 46.4 Å². The van der Waals surface area contributed by atoms with E-state index >= 15 is 0 Å². The van der Waals surface area contributed by atoms with E-state index in [0.717, 1.165) is 11.1 Å². The van der Waals surface area contributed by atoms with E-state index in [9.17, 15) is 9.59 Å². The van der Waals surface area contributed by atoms with Crippen LogP contribution in [0.1, 0.15) is 52.7 Å². The minimum Gasteiger partial charge on any atom is -0.444 e. The molecule has 0 unspecified atom stereocenters. The molecule has 0 aliphatic carbocycles. The molecular weight excluding hydrogens is 430 g/mol. The number of nitrogens with zero attached hydrogens (tertiary/aromatic N) is 2. The van der Waals surface area contributed by atoms with Gasteiger partial charge in [0.05, 0.1) is 6.54 Å². The van der Waals surface area contributed by atoms with Gasteiger partial charge in [0.2, 0.25) is 5.96 Å². The molecule has 0 aliphatic heterocycles. The van der Waals surface area contributed by atoms with Crippen LogP contribution in [0.3, 0.4) is 0 Å². The zero-order chi connectivity index (χ0) is 25.2. The van der Waals surface area contributed by atoms with Crippen molar-refractivity contribution >= 4 is 18.1 Å². The Morgan fingerprint density at radius 3 is 2.00 bits per heavy atom. The van der Waals surface area contributed by atoms with E-state index in [4.69, 9.17) is 9.47 Å². The Bertz CT molecular complexity index is 1040. The number of ether oxygens (including phenoxy) is 2. The highest BCUT2D eigenvalue weighted by Gasteiger charge is 2.23. The number of benzene rings is 2. The quantitative estimate of drug-likeness (QED) is 0.377. The zero-order valence-electron chi connectivity index (χ0n) is 20.7. The smallest absolute Gasteiger partial charge is 0.437 e. The Hall–Kier alpha value is -3.79. The van der Waals surface area contributed by atoms with Gasteiger partial charge in [0.1, 0.15) is 11.2 Å². The number of amides is 2. The Kier molecular flexibility index (Phi) is 9.26. The van der Waals surface area contributed by atoms with Crippen LogP contribution in [-0.2, 0) is 16.0 Å². The largest absolute Gasteiger partial charge is 0.444 e. The first-order valence-electron chi connectivity index (χ1n) is 11.1. The number of nitrogens with one attached hydrogen (secondary N) is 1. The molecule has 0 aromatic heterocycles. The summed E-state index contributed by atoms with van der Waals surface area (Å²) in [5, 5.41) is 2.61. The Morgan fingerprint density at radius 2 is 1.44 bits per heavy atom. The lowest BCUT2D eigenvalue weighted by atomic mass is 10.2. The number of alkyl carbamates (subject to hydrolysis) is 1. The molecule has 2 amide bonds.